The predicted molar refractivity (Wildman–Crippen MR) is 130 cm³/mol. The van der Waals surface area contributed by atoms with Gasteiger partial charge in [0.15, 0.2) is 18.4 Å². The lowest BCUT2D eigenvalue weighted by atomic mass is 10.00. The smallest absolute Gasteiger partial charge is 0.224 e. The molecule has 0 fully saturated rings. The Bertz CT molecular complexity index is 1410. The molecule has 0 aliphatic carbocycles. The van der Waals surface area contributed by atoms with Crippen LogP contribution in [-0.2, 0) is 0 Å². The van der Waals surface area contributed by atoms with E-state index in [1.54, 1.807) is 36.4 Å². The van der Waals surface area contributed by atoms with Crippen LogP contribution in [0.4, 0.5) is 15.9 Å². The Morgan fingerprint density at radius 3 is 2.29 bits per heavy atom. The van der Waals surface area contributed by atoms with Crippen LogP contribution in [0.2, 0.25) is 10.0 Å². The molecule has 2 aromatic carbocycles. The second kappa shape index (κ2) is 9.99. The van der Waals surface area contributed by atoms with Crippen molar-refractivity contribution in [3.63, 3.8) is 0 Å². The van der Waals surface area contributed by atoms with E-state index < -0.39 is 5.82 Å². The van der Waals surface area contributed by atoms with E-state index >= 15 is 0 Å². The minimum Gasteiger partial charge on any atom is -0.480 e. The fourth-order valence-electron chi connectivity index (χ4n) is 3.38. The molecule has 0 unspecified atom stereocenters. The van der Waals surface area contributed by atoms with E-state index in [9.17, 15) is 14.0 Å². The van der Waals surface area contributed by atoms with E-state index in [1.807, 2.05) is 12.1 Å². The number of aromatic nitrogens is 2. The van der Waals surface area contributed by atoms with Crippen molar-refractivity contribution in [3.8, 4) is 28.3 Å². The van der Waals surface area contributed by atoms with Crippen LogP contribution in [0.15, 0.2) is 60.8 Å². The van der Waals surface area contributed by atoms with Crippen LogP contribution in [0.1, 0.15) is 20.7 Å². The summed E-state index contributed by atoms with van der Waals surface area (Å²) in [5.74, 6) is -0.260. The van der Waals surface area contributed by atoms with E-state index in [2.05, 4.69) is 15.3 Å². The number of carbonyl (C=O) groups excluding carboxylic acids is 2. The second-order valence-electron chi connectivity index (χ2n) is 7.08. The Kier molecular flexibility index (Phi) is 6.86. The fourth-order valence-corrected chi connectivity index (χ4v) is 3.98. The number of hydrogen-bond acceptors (Lipinski definition) is 6. The molecule has 0 bridgehead atoms. The van der Waals surface area contributed by atoms with Crippen LogP contribution in [0.5, 0.6) is 5.88 Å². The maximum atomic E-state index is 13.6. The molecule has 6 nitrogen and oxygen atoms in total. The zero-order valence-corrected chi connectivity index (χ0v) is 19.2. The van der Waals surface area contributed by atoms with Gasteiger partial charge in [-0.2, -0.15) is 0 Å². The number of ether oxygens (including phenoxy) is 1. The van der Waals surface area contributed by atoms with Crippen LogP contribution in [0, 0.1) is 5.82 Å². The van der Waals surface area contributed by atoms with Gasteiger partial charge in [0.1, 0.15) is 5.82 Å². The van der Waals surface area contributed by atoms with Crippen molar-refractivity contribution >= 4 is 47.3 Å². The molecule has 4 aromatic rings. The zero-order valence-electron chi connectivity index (χ0n) is 17.7. The number of carbonyl (C=O) groups is 2. The average Bonchev–Trinajstić information content (AvgIpc) is 2.86. The number of halogens is 3. The molecule has 0 saturated carbocycles. The van der Waals surface area contributed by atoms with Crippen molar-refractivity contribution in [2.24, 2.45) is 0 Å². The maximum Gasteiger partial charge on any atom is 0.224 e. The van der Waals surface area contributed by atoms with Crippen LogP contribution in [-0.4, -0.2) is 29.7 Å². The molecule has 1 N–H and O–H groups in total. The van der Waals surface area contributed by atoms with E-state index in [1.165, 1.54) is 13.2 Å². The number of nitrogens with zero attached hydrogens (tertiary/aromatic N) is 2. The van der Waals surface area contributed by atoms with Crippen LogP contribution in [0.3, 0.4) is 0 Å². The molecule has 0 spiro atoms. The number of methoxy groups -OCH3 is 1. The molecule has 170 valence electrons. The topological polar surface area (TPSA) is 81.2 Å². The SMILES string of the molecule is COc1nc(-c2cccc(-c3cccc(Nc4cc(C=O)c(F)cn4)c3Cl)c2Cl)ccc1C=O. The number of pyridine rings is 2. The third-order valence-electron chi connectivity index (χ3n) is 5.05. The fraction of sp³-hybridized carbons (Fsp3) is 0.0400. The minimum atomic E-state index is -0.713. The number of anilines is 2. The molecular weight excluding hydrogens is 480 g/mol. The summed E-state index contributed by atoms with van der Waals surface area (Å²) in [5.41, 5.74) is 3.13. The first kappa shape index (κ1) is 23.4. The van der Waals surface area contributed by atoms with Gasteiger partial charge in [-0.3, -0.25) is 9.59 Å². The number of benzene rings is 2. The van der Waals surface area contributed by atoms with Gasteiger partial charge in [-0.25, -0.2) is 14.4 Å². The highest BCUT2D eigenvalue weighted by atomic mass is 35.5. The van der Waals surface area contributed by atoms with Gasteiger partial charge in [-0.05, 0) is 24.3 Å². The summed E-state index contributed by atoms with van der Waals surface area (Å²) in [6.07, 6.45) is 2.04. The summed E-state index contributed by atoms with van der Waals surface area (Å²) >= 11 is 13.5. The summed E-state index contributed by atoms with van der Waals surface area (Å²) < 4.78 is 18.8. The zero-order chi connectivity index (χ0) is 24.2. The molecule has 2 aromatic heterocycles. The predicted octanol–water partition coefficient (Wildman–Crippen LogP) is 6.63. The minimum absolute atomic E-state index is 0.121. The summed E-state index contributed by atoms with van der Waals surface area (Å²) in [7, 11) is 1.43. The summed E-state index contributed by atoms with van der Waals surface area (Å²) in [6.45, 7) is 0. The van der Waals surface area contributed by atoms with Gasteiger partial charge in [-0.15, -0.1) is 0 Å². The lowest BCUT2D eigenvalue weighted by Gasteiger charge is -2.15. The van der Waals surface area contributed by atoms with Crippen molar-refractivity contribution in [1.29, 1.82) is 0 Å². The van der Waals surface area contributed by atoms with Crippen molar-refractivity contribution in [1.82, 2.24) is 9.97 Å². The summed E-state index contributed by atoms with van der Waals surface area (Å²) in [4.78, 5) is 30.6. The van der Waals surface area contributed by atoms with E-state index in [0.717, 1.165) is 6.20 Å². The largest absolute Gasteiger partial charge is 0.480 e. The number of rotatable bonds is 7. The van der Waals surface area contributed by atoms with E-state index in [-0.39, 0.29) is 17.3 Å². The molecular formula is C25H16Cl2FN3O3. The Morgan fingerprint density at radius 2 is 1.59 bits per heavy atom. The van der Waals surface area contributed by atoms with Crippen molar-refractivity contribution < 1.29 is 18.7 Å². The molecule has 0 aliphatic rings. The van der Waals surface area contributed by atoms with Crippen molar-refractivity contribution in [2.45, 2.75) is 0 Å². The van der Waals surface area contributed by atoms with Crippen LogP contribution >= 0.6 is 23.2 Å². The highest BCUT2D eigenvalue weighted by Gasteiger charge is 2.17. The van der Waals surface area contributed by atoms with Gasteiger partial charge in [0.25, 0.3) is 0 Å². The first-order valence-corrected chi connectivity index (χ1v) is 10.7. The third-order valence-corrected chi connectivity index (χ3v) is 5.86. The van der Waals surface area contributed by atoms with Gasteiger partial charge < -0.3 is 10.1 Å². The van der Waals surface area contributed by atoms with Crippen LogP contribution < -0.4 is 10.1 Å². The molecule has 34 heavy (non-hydrogen) atoms. The molecule has 4 rings (SSSR count). The van der Waals surface area contributed by atoms with Gasteiger partial charge in [-0.1, -0.05) is 53.5 Å². The van der Waals surface area contributed by atoms with Gasteiger partial charge >= 0.3 is 0 Å². The summed E-state index contributed by atoms with van der Waals surface area (Å²) in [6, 6.07) is 15.3. The van der Waals surface area contributed by atoms with Crippen molar-refractivity contribution in [2.75, 3.05) is 12.4 Å². The highest BCUT2D eigenvalue weighted by Crippen LogP contribution is 2.41. The van der Waals surface area contributed by atoms with Crippen molar-refractivity contribution in [3.05, 3.63) is 87.8 Å². The lowest BCUT2D eigenvalue weighted by Crippen LogP contribution is -1.99. The lowest BCUT2D eigenvalue weighted by molar-refractivity contribution is 0.111. The number of hydrogen-bond donors (Lipinski definition) is 1. The number of nitrogens with one attached hydrogen (secondary N) is 1. The van der Waals surface area contributed by atoms with E-state index in [4.69, 9.17) is 27.9 Å². The molecule has 0 amide bonds. The van der Waals surface area contributed by atoms with Gasteiger partial charge in [0.2, 0.25) is 5.88 Å². The standard InChI is InChI=1S/C25H16Cl2FN3O3/c1-34-25-14(12-32)8-9-20(31-25)18-6-2-4-16(23(18)26)17-5-3-7-21(24(17)27)30-22-10-15(13-33)19(28)11-29-22/h2-13H,1H3,(H,29,30). The molecule has 0 radical (unpaired) electrons. The molecule has 2 heterocycles. The van der Waals surface area contributed by atoms with Gasteiger partial charge in [0.05, 0.1) is 45.9 Å². The van der Waals surface area contributed by atoms with Crippen LogP contribution in [0.25, 0.3) is 22.4 Å². The Labute approximate surface area is 204 Å². The quantitative estimate of drug-likeness (QED) is 0.289. The number of aldehydes is 2. The third kappa shape index (κ3) is 4.48. The Morgan fingerprint density at radius 1 is 0.912 bits per heavy atom. The summed E-state index contributed by atoms with van der Waals surface area (Å²) in [5, 5.41) is 3.75. The monoisotopic (exact) mass is 495 g/mol. The molecule has 9 heteroatoms. The normalized spacial score (nSPS) is 10.6. The van der Waals surface area contributed by atoms with Gasteiger partial charge in [0, 0.05) is 16.7 Å². The molecule has 0 aliphatic heterocycles. The highest BCUT2D eigenvalue weighted by molar-refractivity contribution is 6.39. The molecule has 0 saturated heterocycles. The molecule has 0 atom stereocenters. The first-order valence-electron chi connectivity index (χ1n) is 9.92. The average molecular weight is 496 g/mol. The maximum absolute atomic E-state index is 13.6. The second-order valence-corrected chi connectivity index (χ2v) is 7.84. The Hall–Kier alpha value is -3.81. The Balaban J connectivity index is 1.75. The first-order chi connectivity index (χ1) is 16.5. The van der Waals surface area contributed by atoms with E-state index in [0.29, 0.717) is 56.3 Å².